The van der Waals surface area contributed by atoms with Crippen molar-refractivity contribution in [2.75, 3.05) is 0 Å². The monoisotopic (exact) mass is 260 g/mol. The van der Waals surface area contributed by atoms with Crippen molar-refractivity contribution in [3.05, 3.63) is 59.7 Å². The van der Waals surface area contributed by atoms with E-state index in [1.165, 1.54) is 18.2 Å². The molecule has 0 aliphatic rings. The number of benzene rings is 2. The quantitative estimate of drug-likeness (QED) is 0.758. The Morgan fingerprint density at radius 2 is 1.74 bits per heavy atom. The zero-order valence-electron chi connectivity index (χ0n) is 9.86. The minimum atomic E-state index is -0.519. The van der Waals surface area contributed by atoms with Crippen molar-refractivity contribution < 1.29 is 18.3 Å². The zero-order valence-corrected chi connectivity index (χ0v) is 9.86. The van der Waals surface area contributed by atoms with Gasteiger partial charge in [-0.3, -0.25) is 0 Å². The van der Waals surface area contributed by atoms with Crippen molar-refractivity contribution in [2.24, 2.45) is 0 Å². The Labute approximate surface area is 107 Å². The van der Waals surface area contributed by atoms with Gasteiger partial charge in [0.05, 0.1) is 6.61 Å². The average molecular weight is 260 g/mol. The van der Waals surface area contributed by atoms with Gasteiger partial charge >= 0.3 is 0 Å². The van der Waals surface area contributed by atoms with Crippen molar-refractivity contribution in [3.8, 4) is 11.3 Å². The van der Waals surface area contributed by atoms with E-state index in [1.54, 1.807) is 24.3 Å². The summed E-state index contributed by atoms with van der Waals surface area (Å²) in [6, 6.07) is 10.3. The molecular weight excluding hydrogens is 250 g/mol. The molecule has 0 bridgehead atoms. The summed E-state index contributed by atoms with van der Waals surface area (Å²) in [6.45, 7) is -0.232. The normalized spacial score (nSPS) is 11.1. The first-order valence-corrected chi connectivity index (χ1v) is 5.76. The summed E-state index contributed by atoms with van der Waals surface area (Å²) in [6.07, 6.45) is 0. The van der Waals surface area contributed by atoms with E-state index < -0.39 is 5.82 Å². The van der Waals surface area contributed by atoms with Crippen LogP contribution < -0.4 is 0 Å². The van der Waals surface area contributed by atoms with Gasteiger partial charge in [-0.1, -0.05) is 0 Å². The predicted octanol–water partition coefficient (Wildman–Crippen LogP) is 3.87. The summed E-state index contributed by atoms with van der Waals surface area (Å²) >= 11 is 0. The molecule has 0 fully saturated rings. The van der Waals surface area contributed by atoms with Gasteiger partial charge in [0.15, 0.2) is 11.4 Å². The number of aliphatic hydroxyl groups is 1. The second-order valence-corrected chi connectivity index (χ2v) is 4.27. The molecule has 0 radical (unpaired) electrons. The number of fused-ring (bicyclic) bond motifs is 1. The highest BCUT2D eigenvalue weighted by molar-refractivity contribution is 5.83. The lowest BCUT2D eigenvalue weighted by Gasteiger charge is -1.97. The molecule has 0 aliphatic heterocycles. The first-order valence-electron chi connectivity index (χ1n) is 5.76. The van der Waals surface area contributed by atoms with Crippen LogP contribution >= 0.6 is 0 Å². The topological polar surface area (TPSA) is 33.4 Å². The van der Waals surface area contributed by atoms with Gasteiger partial charge in [-0.15, -0.1) is 0 Å². The number of aliphatic hydroxyl groups excluding tert-OH is 1. The maximum absolute atomic E-state index is 13.8. The van der Waals surface area contributed by atoms with Crippen molar-refractivity contribution >= 4 is 11.0 Å². The Hall–Kier alpha value is -2.20. The van der Waals surface area contributed by atoms with Gasteiger partial charge in [0.2, 0.25) is 0 Å². The lowest BCUT2D eigenvalue weighted by molar-refractivity contribution is 0.281. The maximum atomic E-state index is 13.8. The first kappa shape index (κ1) is 11.9. The predicted molar refractivity (Wildman–Crippen MR) is 67.5 cm³/mol. The zero-order chi connectivity index (χ0) is 13.4. The Bertz CT molecular complexity index is 730. The summed E-state index contributed by atoms with van der Waals surface area (Å²) in [5, 5.41) is 9.61. The van der Waals surface area contributed by atoms with Crippen LogP contribution in [0.2, 0.25) is 0 Å². The van der Waals surface area contributed by atoms with Crippen LogP contribution in [-0.2, 0) is 6.61 Å². The standard InChI is InChI=1S/C15H10F2O2/c16-12-3-1-10(2-4-12)14-7-11-5-9(8-18)6-13(17)15(11)19-14/h1-7,18H,8H2. The van der Waals surface area contributed by atoms with E-state index >= 15 is 0 Å². The average Bonchev–Trinajstić information content (AvgIpc) is 2.84. The van der Waals surface area contributed by atoms with E-state index in [-0.39, 0.29) is 18.0 Å². The summed E-state index contributed by atoms with van der Waals surface area (Å²) in [4.78, 5) is 0. The van der Waals surface area contributed by atoms with Gasteiger partial charge in [0.1, 0.15) is 11.6 Å². The summed E-state index contributed by atoms with van der Waals surface area (Å²) in [7, 11) is 0. The van der Waals surface area contributed by atoms with Gasteiger partial charge in [-0.05, 0) is 48.0 Å². The van der Waals surface area contributed by atoms with Gasteiger partial charge in [0, 0.05) is 10.9 Å². The van der Waals surface area contributed by atoms with E-state index in [1.807, 2.05) is 0 Å². The van der Waals surface area contributed by atoms with E-state index in [0.717, 1.165) is 0 Å². The van der Waals surface area contributed by atoms with Crippen LogP contribution in [0.25, 0.3) is 22.3 Å². The van der Waals surface area contributed by atoms with Crippen LogP contribution in [0, 0.1) is 11.6 Å². The highest BCUT2D eigenvalue weighted by Gasteiger charge is 2.11. The fraction of sp³-hybridized carbons (Fsp3) is 0.0667. The minimum Gasteiger partial charge on any atom is -0.453 e. The molecular formula is C15H10F2O2. The fourth-order valence-electron chi connectivity index (χ4n) is 2.02. The van der Waals surface area contributed by atoms with Crippen molar-refractivity contribution in [2.45, 2.75) is 6.61 Å². The number of halogens is 2. The van der Waals surface area contributed by atoms with Gasteiger partial charge < -0.3 is 9.52 Å². The van der Waals surface area contributed by atoms with Gasteiger partial charge in [0.25, 0.3) is 0 Å². The second-order valence-electron chi connectivity index (χ2n) is 4.27. The molecule has 0 aliphatic carbocycles. The third-order valence-electron chi connectivity index (χ3n) is 2.94. The minimum absolute atomic E-state index is 0.136. The summed E-state index contributed by atoms with van der Waals surface area (Å²) in [5.41, 5.74) is 1.29. The molecule has 0 saturated heterocycles. The van der Waals surface area contributed by atoms with Crippen LogP contribution in [0.15, 0.2) is 46.9 Å². The van der Waals surface area contributed by atoms with E-state index in [0.29, 0.717) is 22.3 Å². The molecule has 0 amide bonds. The number of rotatable bonds is 2. The fourth-order valence-corrected chi connectivity index (χ4v) is 2.02. The lowest BCUT2D eigenvalue weighted by atomic mass is 10.1. The number of hydrogen-bond acceptors (Lipinski definition) is 2. The van der Waals surface area contributed by atoms with Crippen molar-refractivity contribution in [3.63, 3.8) is 0 Å². The Morgan fingerprint density at radius 3 is 2.42 bits per heavy atom. The molecule has 19 heavy (non-hydrogen) atoms. The molecule has 0 atom stereocenters. The number of hydrogen-bond donors (Lipinski definition) is 1. The van der Waals surface area contributed by atoms with Crippen LogP contribution in [0.1, 0.15) is 5.56 Å². The Morgan fingerprint density at radius 1 is 1.00 bits per heavy atom. The Kier molecular flexibility index (Phi) is 2.80. The Balaban J connectivity index is 2.16. The van der Waals surface area contributed by atoms with E-state index in [4.69, 9.17) is 9.52 Å². The second kappa shape index (κ2) is 4.48. The van der Waals surface area contributed by atoms with Gasteiger partial charge in [-0.2, -0.15) is 0 Å². The third-order valence-corrected chi connectivity index (χ3v) is 2.94. The van der Waals surface area contributed by atoms with Crippen LogP contribution in [0.5, 0.6) is 0 Å². The van der Waals surface area contributed by atoms with Crippen molar-refractivity contribution in [1.82, 2.24) is 0 Å². The van der Waals surface area contributed by atoms with Crippen LogP contribution in [0.3, 0.4) is 0 Å². The van der Waals surface area contributed by atoms with E-state index in [2.05, 4.69) is 0 Å². The first-order chi connectivity index (χ1) is 9.17. The molecule has 1 N–H and O–H groups in total. The molecule has 0 unspecified atom stereocenters. The van der Waals surface area contributed by atoms with Crippen molar-refractivity contribution in [1.29, 1.82) is 0 Å². The maximum Gasteiger partial charge on any atom is 0.170 e. The molecule has 1 heterocycles. The lowest BCUT2D eigenvalue weighted by Crippen LogP contribution is -1.84. The number of furan rings is 1. The largest absolute Gasteiger partial charge is 0.453 e. The summed E-state index contributed by atoms with van der Waals surface area (Å²) < 4.78 is 32.1. The molecule has 3 rings (SSSR count). The van der Waals surface area contributed by atoms with Gasteiger partial charge in [-0.25, -0.2) is 8.78 Å². The SMILES string of the molecule is OCc1cc(F)c2oc(-c3ccc(F)cc3)cc2c1. The highest BCUT2D eigenvalue weighted by atomic mass is 19.1. The molecule has 96 valence electrons. The van der Waals surface area contributed by atoms with Crippen LogP contribution in [0.4, 0.5) is 8.78 Å². The van der Waals surface area contributed by atoms with Crippen LogP contribution in [-0.4, -0.2) is 5.11 Å². The molecule has 4 heteroatoms. The molecule has 3 aromatic rings. The van der Waals surface area contributed by atoms with E-state index in [9.17, 15) is 8.78 Å². The smallest absolute Gasteiger partial charge is 0.170 e. The molecule has 0 spiro atoms. The molecule has 0 saturated carbocycles. The summed E-state index contributed by atoms with van der Waals surface area (Å²) in [5.74, 6) is -0.396. The molecule has 2 nitrogen and oxygen atoms in total. The highest BCUT2D eigenvalue weighted by Crippen LogP contribution is 2.30. The molecule has 2 aromatic carbocycles. The third kappa shape index (κ3) is 2.11. The molecule has 1 aromatic heterocycles.